The molecule has 1 aliphatic heterocycles. The molecule has 18 heavy (non-hydrogen) atoms. The van der Waals surface area contributed by atoms with Gasteiger partial charge in [0.2, 0.25) is 0 Å². The van der Waals surface area contributed by atoms with Crippen molar-refractivity contribution in [2.24, 2.45) is 0 Å². The van der Waals surface area contributed by atoms with Gasteiger partial charge in [-0.15, -0.1) is 0 Å². The smallest absolute Gasteiger partial charge is 0.338 e. The Bertz CT molecular complexity index is 462. The SMILES string of the molecule is CN(C)C1CCN(c2ccc(C(=O)O)c(F)c2)C1. The van der Waals surface area contributed by atoms with Gasteiger partial charge < -0.3 is 14.9 Å². The average Bonchev–Trinajstić information content (AvgIpc) is 2.77. The highest BCUT2D eigenvalue weighted by Gasteiger charge is 2.24. The van der Waals surface area contributed by atoms with E-state index in [2.05, 4.69) is 9.80 Å². The Labute approximate surface area is 106 Å². The summed E-state index contributed by atoms with van der Waals surface area (Å²) in [6, 6.07) is 4.77. The molecule has 0 radical (unpaired) electrons. The van der Waals surface area contributed by atoms with Crippen molar-refractivity contribution in [1.29, 1.82) is 0 Å². The molecule has 1 aliphatic rings. The van der Waals surface area contributed by atoms with Crippen molar-refractivity contribution in [2.45, 2.75) is 12.5 Å². The molecule has 0 saturated carbocycles. The van der Waals surface area contributed by atoms with Crippen LogP contribution in [0.1, 0.15) is 16.8 Å². The van der Waals surface area contributed by atoms with Gasteiger partial charge in [0.05, 0.1) is 5.56 Å². The topological polar surface area (TPSA) is 43.8 Å². The van der Waals surface area contributed by atoms with Crippen LogP contribution in [0.2, 0.25) is 0 Å². The summed E-state index contributed by atoms with van der Waals surface area (Å²) in [5, 5.41) is 8.78. The molecular weight excluding hydrogens is 235 g/mol. The molecule has 4 nitrogen and oxygen atoms in total. The molecule has 1 N–H and O–H groups in total. The number of benzene rings is 1. The number of carboxylic acid groups (broad SMARTS) is 1. The van der Waals surface area contributed by atoms with Crippen LogP contribution in [0.4, 0.5) is 10.1 Å². The molecule has 2 rings (SSSR count). The summed E-state index contributed by atoms with van der Waals surface area (Å²) in [5.74, 6) is -1.90. The normalized spacial score (nSPS) is 19.6. The van der Waals surface area contributed by atoms with E-state index in [4.69, 9.17) is 5.11 Å². The monoisotopic (exact) mass is 252 g/mol. The summed E-state index contributed by atoms with van der Waals surface area (Å²) in [5.41, 5.74) is 0.476. The molecule has 1 saturated heterocycles. The third kappa shape index (κ3) is 2.46. The van der Waals surface area contributed by atoms with Crippen molar-refractivity contribution >= 4 is 11.7 Å². The van der Waals surface area contributed by atoms with Crippen LogP contribution in [0.25, 0.3) is 0 Å². The number of aromatic carboxylic acids is 1. The van der Waals surface area contributed by atoms with Gasteiger partial charge >= 0.3 is 5.97 Å². The predicted molar refractivity (Wildman–Crippen MR) is 67.7 cm³/mol. The molecule has 0 spiro atoms. The zero-order valence-electron chi connectivity index (χ0n) is 10.6. The second-order valence-corrected chi connectivity index (χ2v) is 4.82. The van der Waals surface area contributed by atoms with Gasteiger partial charge in [0.25, 0.3) is 0 Å². The molecule has 1 unspecified atom stereocenters. The van der Waals surface area contributed by atoms with Crippen molar-refractivity contribution in [3.05, 3.63) is 29.6 Å². The van der Waals surface area contributed by atoms with E-state index >= 15 is 0 Å². The highest BCUT2D eigenvalue weighted by Crippen LogP contribution is 2.24. The summed E-state index contributed by atoms with van der Waals surface area (Å²) in [4.78, 5) is 15.0. The van der Waals surface area contributed by atoms with E-state index in [1.807, 2.05) is 14.1 Å². The van der Waals surface area contributed by atoms with Gasteiger partial charge in [0.1, 0.15) is 5.82 Å². The van der Waals surface area contributed by atoms with E-state index < -0.39 is 11.8 Å². The summed E-state index contributed by atoms with van der Waals surface area (Å²) in [7, 11) is 4.06. The molecule has 0 amide bonds. The number of nitrogens with zero attached hydrogens (tertiary/aromatic N) is 2. The van der Waals surface area contributed by atoms with E-state index in [0.29, 0.717) is 6.04 Å². The van der Waals surface area contributed by atoms with Crippen LogP contribution < -0.4 is 4.90 Å². The maximum atomic E-state index is 13.6. The van der Waals surface area contributed by atoms with Crippen LogP contribution in [-0.4, -0.2) is 49.2 Å². The number of carbonyl (C=O) groups is 1. The highest BCUT2D eigenvalue weighted by molar-refractivity contribution is 5.88. The first-order chi connectivity index (χ1) is 8.49. The minimum absolute atomic E-state index is 0.276. The second kappa shape index (κ2) is 4.94. The van der Waals surface area contributed by atoms with Crippen LogP contribution in [0.5, 0.6) is 0 Å². The number of anilines is 1. The zero-order chi connectivity index (χ0) is 13.3. The van der Waals surface area contributed by atoms with E-state index in [1.165, 1.54) is 12.1 Å². The molecule has 98 valence electrons. The predicted octanol–water partition coefficient (Wildman–Crippen LogP) is 1.66. The van der Waals surface area contributed by atoms with Gasteiger partial charge in [-0.3, -0.25) is 0 Å². The Balaban J connectivity index is 2.16. The first-order valence-corrected chi connectivity index (χ1v) is 5.93. The standard InChI is InChI=1S/C13H17FN2O2/c1-15(2)10-5-6-16(8-10)9-3-4-11(13(17)18)12(14)7-9/h3-4,7,10H,5-6,8H2,1-2H3,(H,17,18). The Kier molecular flexibility index (Phi) is 3.52. The third-order valence-corrected chi connectivity index (χ3v) is 3.44. The average molecular weight is 252 g/mol. The van der Waals surface area contributed by atoms with Gasteiger partial charge in [-0.25, -0.2) is 9.18 Å². The Morgan fingerprint density at radius 2 is 2.22 bits per heavy atom. The lowest BCUT2D eigenvalue weighted by atomic mass is 10.2. The molecule has 1 heterocycles. The van der Waals surface area contributed by atoms with E-state index in [1.54, 1.807) is 6.07 Å². The summed E-state index contributed by atoms with van der Waals surface area (Å²) in [6.45, 7) is 1.72. The first kappa shape index (κ1) is 12.8. The molecular formula is C13H17FN2O2. The van der Waals surface area contributed by atoms with Crippen LogP contribution >= 0.6 is 0 Å². The highest BCUT2D eigenvalue weighted by atomic mass is 19.1. The van der Waals surface area contributed by atoms with Gasteiger partial charge in [0.15, 0.2) is 0 Å². The first-order valence-electron chi connectivity index (χ1n) is 5.93. The quantitative estimate of drug-likeness (QED) is 0.888. The fourth-order valence-electron chi connectivity index (χ4n) is 2.27. The summed E-state index contributed by atoms with van der Waals surface area (Å²) < 4.78 is 13.6. The maximum Gasteiger partial charge on any atom is 0.338 e. The maximum absolute atomic E-state index is 13.6. The van der Waals surface area contributed by atoms with Crippen molar-refractivity contribution < 1.29 is 14.3 Å². The fourth-order valence-corrected chi connectivity index (χ4v) is 2.27. The lowest BCUT2D eigenvalue weighted by Crippen LogP contribution is -2.31. The molecule has 1 aromatic rings. The molecule has 1 fully saturated rings. The van der Waals surface area contributed by atoms with Crippen molar-refractivity contribution in [1.82, 2.24) is 4.90 Å². The Morgan fingerprint density at radius 1 is 1.50 bits per heavy atom. The molecule has 0 aromatic heterocycles. The van der Waals surface area contributed by atoms with E-state index in [9.17, 15) is 9.18 Å². The fraction of sp³-hybridized carbons (Fsp3) is 0.462. The number of carboxylic acids is 1. The lowest BCUT2D eigenvalue weighted by Gasteiger charge is -2.22. The number of halogens is 1. The van der Waals surface area contributed by atoms with Crippen LogP contribution in [0.15, 0.2) is 18.2 Å². The van der Waals surface area contributed by atoms with Crippen molar-refractivity contribution in [3.8, 4) is 0 Å². The van der Waals surface area contributed by atoms with Gasteiger partial charge in [-0.2, -0.15) is 0 Å². The lowest BCUT2D eigenvalue weighted by molar-refractivity contribution is 0.0692. The minimum atomic E-state index is -1.23. The molecule has 0 aliphatic carbocycles. The number of rotatable bonds is 3. The van der Waals surface area contributed by atoms with E-state index in [0.717, 1.165) is 25.2 Å². The van der Waals surface area contributed by atoms with Crippen molar-refractivity contribution in [2.75, 3.05) is 32.1 Å². The molecule has 1 atom stereocenters. The number of hydrogen-bond donors (Lipinski definition) is 1. The number of hydrogen-bond acceptors (Lipinski definition) is 3. The van der Waals surface area contributed by atoms with Gasteiger partial charge in [0, 0.05) is 24.8 Å². The molecule has 0 bridgehead atoms. The summed E-state index contributed by atoms with van der Waals surface area (Å²) in [6.07, 6.45) is 1.04. The minimum Gasteiger partial charge on any atom is -0.478 e. The Hall–Kier alpha value is -1.62. The second-order valence-electron chi connectivity index (χ2n) is 4.82. The van der Waals surface area contributed by atoms with Crippen LogP contribution in [0, 0.1) is 5.82 Å². The zero-order valence-corrected chi connectivity index (χ0v) is 10.6. The van der Waals surface area contributed by atoms with Crippen LogP contribution in [-0.2, 0) is 0 Å². The largest absolute Gasteiger partial charge is 0.478 e. The van der Waals surface area contributed by atoms with E-state index in [-0.39, 0.29) is 5.56 Å². The Morgan fingerprint density at radius 3 is 2.72 bits per heavy atom. The third-order valence-electron chi connectivity index (χ3n) is 3.44. The number of likely N-dealkylation sites (N-methyl/N-ethyl adjacent to an activating group) is 1. The van der Waals surface area contributed by atoms with Gasteiger partial charge in [-0.1, -0.05) is 0 Å². The molecule has 1 aromatic carbocycles. The van der Waals surface area contributed by atoms with Crippen molar-refractivity contribution in [3.63, 3.8) is 0 Å². The molecule has 5 heteroatoms. The van der Waals surface area contributed by atoms with Crippen LogP contribution in [0.3, 0.4) is 0 Å². The van der Waals surface area contributed by atoms with Gasteiger partial charge in [-0.05, 0) is 38.7 Å². The summed E-state index contributed by atoms with van der Waals surface area (Å²) >= 11 is 0.